The third-order valence-electron chi connectivity index (χ3n) is 3.31. The second-order valence-electron chi connectivity index (χ2n) is 5.43. The molecule has 0 aliphatic carbocycles. The molecule has 1 saturated heterocycles. The summed E-state index contributed by atoms with van der Waals surface area (Å²) in [6.45, 7) is 6.09. The first-order chi connectivity index (χ1) is 7.31. The highest BCUT2D eigenvalue weighted by molar-refractivity contribution is 7.90. The molecule has 1 N–H and O–H groups in total. The minimum absolute atomic E-state index is 0.262. The van der Waals surface area contributed by atoms with E-state index in [9.17, 15) is 8.42 Å². The lowest BCUT2D eigenvalue weighted by Crippen LogP contribution is -2.42. The van der Waals surface area contributed by atoms with Gasteiger partial charge in [0.25, 0.3) is 0 Å². The fourth-order valence-corrected chi connectivity index (χ4v) is 2.88. The van der Waals surface area contributed by atoms with E-state index in [-0.39, 0.29) is 5.75 Å². The molecule has 0 aromatic heterocycles. The third-order valence-corrected chi connectivity index (χ3v) is 4.23. The maximum atomic E-state index is 11.1. The molecule has 1 aliphatic heterocycles. The zero-order chi connectivity index (χ0) is 12.2. The van der Waals surface area contributed by atoms with Gasteiger partial charge in [0.05, 0.1) is 5.75 Å². The van der Waals surface area contributed by atoms with Crippen molar-refractivity contribution in [1.82, 2.24) is 10.2 Å². The Morgan fingerprint density at radius 2 is 1.88 bits per heavy atom. The molecule has 0 amide bonds. The highest BCUT2D eigenvalue weighted by Crippen LogP contribution is 2.28. The highest BCUT2D eigenvalue weighted by Gasteiger charge is 2.27. The van der Waals surface area contributed by atoms with Crippen LogP contribution in [0, 0.1) is 5.41 Å². The van der Waals surface area contributed by atoms with Gasteiger partial charge in [0.15, 0.2) is 0 Å². The molecule has 16 heavy (non-hydrogen) atoms. The predicted molar refractivity (Wildman–Crippen MR) is 67.4 cm³/mol. The molecule has 1 aliphatic rings. The standard InChI is InChI=1S/C11H24N2O2S/c1-11(4-6-12-7-5-11)10-13(2)8-9-16(3,14)15/h12H,4-10H2,1-3H3. The van der Waals surface area contributed by atoms with Crippen LogP contribution in [-0.2, 0) is 9.84 Å². The minimum Gasteiger partial charge on any atom is -0.317 e. The van der Waals surface area contributed by atoms with Crippen LogP contribution in [0.2, 0.25) is 0 Å². The van der Waals surface area contributed by atoms with Gasteiger partial charge >= 0.3 is 0 Å². The summed E-state index contributed by atoms with van der Waals surface area (Å²) in [5, 5.41) is 3.36. The van der Waals surface area contributed by atoms with Crippen molar-refractivity contribution in [2.45, 2.75) is 19.8 Å². The number of nitrogens with zero attached hydrogens (tertiary/aromatic N) is 1. The Morgan fingerprint density at radius 3 is 2.38 bits per heavy atom. The smallest absolute Gasteiger partial charge is 0.148 e. The van der Waals surface area contributed by atoms with E-state index in [0.29, 0.717) is 12.0 Å². The summed E-state index contributed by atoms with van der Waals surface area (Å²) in [6.07, 6.45) is 3.65. The molecule has 0 unspecified atom stereocenters. The molecule has 96 valence electrons. The van der Waals surface area contributed by atoms with Crippen molar-refractivity contribution in [1.29, 1.82) is 0 Å². The normalized spacial score (nSPS) is 21.2. The van der Waals surface area contributed by atoms with Gasteiger partial charge in [0, 0.05) is 19.3 Å². The van der Waals surface area contributed by atoms with Crippen LogP contribution in [0.1, 0.15) is 19.8 Å². The van der Waals surface area contributed by atoms with Gasteiger partial charge in [-0.2, -0.15) is 0 Å². The van der Waals surface area contributed by atoms with Crippen LogP contribution in [0.15, 0.2) is 0 Å². The lowest BCUT2D eigenvalue weighted by Gasteiger charge is -2.37. The van der Waals surface area contributed by atoms with Crippen molar-refractivity contribution in [3.8, 4) is 0 Å². The second-order valence-corrected chi connectivity index (χ2v) is 7.69. The Morgan fingerprint density at radius 1 is 1.31 bits per heavy atom. The fraction of sp³-hybridized carbons (Fsp3) is 1.00. The summed E-state index contributed by atoms with van der Waals surface area (Å²) in [5.74, 6) is 0.262. The van der Waals surface area contributed by atoms with Gasteiger partial charge in [0.1, 0.15) is 9.84 Å². The van der Waals surface area contributed by atoms with E-state index in [0.717, 1.165) is 19.6 Å². The maximum absolute atomic E-state index is 11.1. The minimum atomic E-state index is -2.83. The molecule has 0 aromatic rings. The zero-order valence-electron chi connectivity index (χ0n) is 10.6. The predicted octanol–water partition coefficient (Wildman–Crippen LogP) is 0.353. The first kappa shape index (κ1) is 13.9. The van der Waals surface area contributed by atoms with Crippen LogP contribution in [0.4, 0.5) is 0 Å². The van der Waals surface area contributed by atoms with Gasteiger partial charge in [0.2, 0.25) is 0 Å². The lowest BCUT2D eigenvalue weighted by atomic mass is 9.80. The summed E-state index contributed by atoms with van der Waals surface area (Å²) in [6, 6.07) is 0. The Balaban J connectivity index is 2.35. The number of piperidine rings is 1. The van der Waals surface area contributed by atoms with Crippen LogP contribution >= 0.6 is 0 Å². The first-order valence-electron chi connectivity index (χ1n) is 5.88. The Kier molecular flexibility index (Phi) is 4.76. The van der Waals surface area contributed by atoms with Crippen LogP contribution in [-0.4, -0.2) is 58.6 Å². The van der Waals surface area contributed by atoms with Gasteiger partial charge in [-0.15, -0.1) is 0 Å². The molecule has 1 heterocycles. The van der Waals surface area contributed by atoms with E-state index in [1.807, 2.05) is 7.05 Å². The SMILES string of the molecule is CN(CCS(C)(=O)=O)CC1(C)CCNCC1. The van der Waals surface area contributed by atoms with Crippen molar-refractivity contribution in [3.05, 3.63) is 0 Å². The second kappa shape index (κ2) is 5.47. The Bertz CT molecular complexity index is 308. The van der Waals surface area contributed by atoms with Crippen molar-refractivity contribution < 1.29 is 8.42 Å². The van der Waals surface area contributed by atoms with E-state index >= 15 is 0 Å². The molecule has 0 bridgehead atoms. The van der Waals surface area contributed by atoms with Crippen LogP contribution in [0.25, 0.3) is 0 Å². The summed E-state index contributed by atoms with van der Waals surface area (Å²) >= 11 is 0. The van der Waals surface area contributed by atoms with Crippen LogP contribution in [0.5, 0.6) is 0 Å². The van der Waals surface area contributed by atoms with Gasteiger partial charge in [-0.25, -0.2) is 8.42 Å². The van der Waals surface area contributed by atoms with Gasteiger partial charge in [-0.1, -0.05) is 6.92 Å². The van der Waals surface area contributed by atoms with Crippen LogP contribution < -0.4 is 5.32 Å². The van der Waals surface area contributed by atoms with E-state index in [1.54, 1.807) is 0 Å². The molecular formula is C11H24N2O2S. The number of sulfone groups is 1. The van der Waals surface area contributed by atoms with Crippen molar-refractivity contribution in [3.63, 3.8) is 0 Å². The number of nitrogens with one attached hydrogen (secondary N) is 1. The van der Waals surface area contributed by atoms with Gasteiger partial charge in [-0.3, -0.25) is 0 Å². The zero-order valence-corrected chi connectivity index (χ0v) is 11.4. The molecular weight excluding hydrogens is 224 g/mol. The monoisotopic (exact) mass is 248 g/mol. The third kappa shape index (κ3) is 5.27. The molecule has 0 radical (unpaired) electrons. The summed E-state index contributed by atoms with van der Waals surface area (Å²) in [5.41, 5.74) is 0.345. The molecule has 5 heteroatoms. The molecule has 0 aromatic carbocycles. The quantitative estimate of drug-likeness (QED) is 0.763. The van der Waals surface area contributed by atoms with E-state index in [1.165, 1.54) is 19.1 Å². The van der Waals surface area contributed by atoms with E-state index < -0.39 is 9.84 Å². The summed E-state index contributed by atoms with van der Waals surface area (Å²) in [4.78, 5) is 2.15. The fourth-order valence-electron chi connectivity index (χ4n) is 2.24. The molecule has 0 saturated carbocycles. The average molecular weight is 248 g/mol. The van der Waals surface area contributed by atoms with E-state index in [4.69, 9.17) is 0 Å². The van der Waals surface area contributed by atoms with Crippen molar-refractivity contribution >= 4 is 9.84 Å². The van der Waals surface area contributed by atoms with Crippen LogP contribution in [0.3, 0.4) is 0 Å². The van der Waals surface area contributed by atoms with Gasteiger partial charge < -0.3 is 10.2 Å². The topological polar surface area (TPSA) is 49.4 Å². The first-order valence-corrected chi connectivity index (χ1v) is 7.94. The number of rotatable bonds is 5. The Labute approximate surface area is 99.3 Å². The molecule has 1 fully saturated rings. The Hall–Kier alpha value is -0.130. The van der Waals surface area contributed by atoms with E-state index in [2.05, 4.69) is 17.1 Å². The van der Waals surface area contributed by atoms with Crippen molar-refractivity contribution in [2.75, 3.05) is 45.2 Å². The summed E-state index contributed by atoms with van der Waals surface area (Å²) < 4.78 is 22.1. The van der Waals surface area contributed by atoms with Gasteiger partial charge in [-0.05, 0) is 38.4 Å². The lowest BCUT2D eigenvalue weighted by molar-refractivity contribution is 0.152. The average Bonchev–Trinajstić information content (AvgIpc) is 2.14. The largest absolute Gasteiger partial charge is 0.317 e. The highest BCUT2D eigenvalue weighted by atomic mass is 32.2. The molecule has 0 spiro atoms. The van der Waals surface area contributed by atoms with Crippen molar-refractivity contribution in [2.24, 2.45) is 5.41 Å². The number of hydrogen-bond donors (Lipinski definition) is 1. The number of hydrogen-bond acceptors (Lipinski definition) is 4. The molecule has 0 atom stereocenters. The molecule has 1 rings (SSSR count). The molecule has 4 nitrogen and oxygen atoms in total. The maximum Gasteiger partial charge on any atom is 0.148 e. The summed E-state index contributed by atoms with van der Waals surface area (Å²) in [7, 11) is -0.821.